The van der Waals surface area contributed by atoms with E-state index in [9.17, 15) is 0 Å². The Hall–Kier alpha value is -0.0800. The fourth-order valence-corrected chi connectivity index (χ4v) is 3.34. The highest BCUT2D eigenvalue weighted by molar-refractivity contribution is 4.94. The third-order valence-corrected chi connectivity index (χ3v) is 5.26. The molecule has 17 heavy (non-hydrogen) atoms. The van der Waals surface area contributed by atoms with E-state index in [0.29, 0.717) is 23.6 Å². The van der Waals surface area contributed by atoms with E-state index < -0.39 is 0 Å². The summed E-state index contributed by atoms with van der Waals surface area (Å²) in [5.74, 6) is 0.862. The number of hydrogen-bond acceptors (Lipinski definition) is 2. The number of rotatable bonds is 3. The Balaban J connectivity index is 1.96. The first-order valence-corrected chi connectivity index (χ1v) is 7.44. The molecular formula is C15H29NO. The van der Waals surface area contributed by atoms with Crippen LogP contribution in [0.25, 0.3) is 0 Å². The highest BCUT2D eigenvalue weighted by Gasteiger charge is 2.40. The van der Waals surface area contributed by atoms with Gasteiger partial charge in [-0.3, -0.25) is 0 Å². The van der Waals surface area contributed by atoms with E-state index in [4.69, 9.17) is 4.74 Å². The SMILES string of the molecule is CCC1COC2CCC(C(C)(C)CC)CC2N1. The van der Waals surface area contributed by atoms with Crippen LogP contribution in [0.15, 0.2) is 0 Å². The second kappa shape index (κ2) is 5.27. The van der Waals surface area contributed by atoms with Crippen LogP contribution in [0.3, 0.4) is 0 Å². The lowest BCUT2D eigenvalue weighted by Gasteiger charge is -2.46. The van der Waals surface area contributed by atoms with Gasteiger partial charge in [-0.05, 0) is 37.0 Å². The second-order valence-electron chi connectivity index (χ2n) is 6.60. The molecular weight excluding hydrogens is 210 g/mol. The highest BCUT2D eigenvalue weighted by atomic mass is 16.5. The molecule has 0 aromatic rings. The van der Waals surface area contributed by atoms with Crippen LogP contribution in [0, 0.1) is 11.3 Å². The Labute approximate surface area is 107 Å². The Morgan fingerprint density at radius 2 is 2.00 bits per heavy atom. The van der Waals surface area contributed by atoms with E-state index in [1.165, 1.54) is 32.1 Å². The van der Waals surface area contributed by atoms with Crippen LogP contribution in [0.1, 0.15) is 59.8 Å². The largest absolute Gasteiger partial charge is 0.375 e. The fraction of sp³-hybridized carbons (Fsp3) is 1.00. The molecule has 0 aromatic heterocycles. The maximum atomic E-state index is 6.02. The van der Waals surface area contributed by atoms with E-state index in [0.717, 1.165) is 12.5 Å². The Morgan fingerprint density at radius 3 is 2.65 bits per heavy atom. The first kappa shape index (κ1) is 13.4. The molecule has 2 heteroatoms. The number of fused-ring (bicyclic) bond motifs is 1. The predicted molar refractivity (Wildman–Crippen MR) is 72.2 cm³/mol. The van der Waals surface area contributed by atoms with Gasteiger partial charge in [0.25, 0.3) is 0 Å². The minimum atomic E-state index is 0.488. The Kier molecular flexibility index (Phi) is 4.14. The molecule has 2 nitrogen and oxygen atoms in total. The van der Waals surface area contributed by atoms with Gasteiger partial charge in [0.1, 0.15) is 0 Å². The quantitative estimate of drug-likeness (QED) is 0.815. The van der Waals surface area contributed by atoms with Crippen molar-refractivity contribution in [3.05, 3.63) is 0 Å². The van der Waals surface area contributed by atoms with E-state index in [2.05, 4.69) is 33.0 Å². The van der Waals surface area contributed by atoms with Crippen LogP contribution in [-0.4, -0.2) is 24.8 Å². The van der Waals surface area contributed by atoms with Gasteiger partial charge in [-0.25, -0.2) is 0 Å². The summed E-state index contributed by atoms with van der Waals surface area (Å²) in [6, 6.07) is 1.19. The van der Waals surface area contributed by atoms with E-state index in [1.807, 2.05) is 0 Å². The Morgan fingerprint density at radius 1 is 1.24 bits per heavy atom. The molecule has 0 spiro atoms. The number of morpholine rings is 1. The minimum Gasteiger partial charge on any atom is -0.375 e. The monoisotopic (exact) mass is 239 g/mol. The van der Waals surface area contributed by atoms with E-state index >= 15 is 0 Å². The lowest BCUT2D eigenvalue weighted by molar-refractivity contribution is -0.0670. The first-order chi connectivity index (χ1) is 8.06. The normalized spacial score (nSPS) is 38.8. The summed E-state index contributed by atoms with van der Waals surface area (Å²) in [7, 11) is 0. The maximum absolute atomic E-state index is 6.02. The molecule has 4 atom stereocenters. The summed E-state index contributed by atoms with van der Waals surface area (Å²) in [5, 5.41) is 3.81. The average molecular weight is 239 g/mol. The first-order valence-electron chi connectivity index (χ1n) is 7.44. The summed E-state index contributed by atoms with van der Waals surface area (Å²) in [5.41, 5.74) is 0.492. The van der Waals surface area contributed by atoms with Gasteiger partial charge in [-0.1, -0.05) is 34.1 Å². The van der Waals surface area contributed by atoms with Crippen LogP contribution in [0.4, 0.5) is 0 Å². The molecule has 2 aliphatic rings. The van der Waals surface area contributed by atoms with Crippen molar-refractivity contribution in [2.45, 2.75) is 78.0 Å². The van der Waals surface area contributed by atoms with Gasteiger partial charge in [0.2, 0.25) is 0 Å². The molecule has 0 radical (unpaired) electrons. The summed E-state index contributed by atoms with van der Waals surface area (Å²) in [6.07, 6.45) is 6.87. The fourth-order valence-electron chi connectivity index (χ4n) is 3.34. The summed E-state index contributed by atoms with van der Waals surface area (Å²) in [4.78, 5) is 0. The highest BCUT2D eigenvalue weighted by Crippen LogP contribution is 2.41. The van der Waals surface area contributed by atoms with Crippen LogP contribution in [0.5, 0.6) is 0 Å². The molecule has 2 fully saturated rings. The van der Waals surface area contributed by atoms with Crippen molar-refractivity contribution in [2.24, 2.45) is 11.3 Å². The molecule has 0 amide bonds. The van der Waals surface area contributed by atoms with Crippen molar-refractivity contribution in [3.8, 4) is 0 Å². The van der Waals surface area contributed by atoms with Crippen molar-refractivity contribution in [2.75, 3.05) is 6.61 Å². The maximum Gasteiger partial charge on any atom is 0.0729 e. The number of hydrogen-bond donors (Lipinski definition) is 1. The van der Waals surface area contributed by atoms with E-state index in [-0.39, 0.29) is 0 Å². The number of ether oxygens (including phenoxy) is 1. The van der Waals surface area contributed by atoms with Crippen LogP contribution in [-0.2, 0) is 4.74 Å². The number of nitrogens with one attached hydrogen (secondary N) is 1. The molecule has 100 valence electrons. The van der Waals surface area contributed by atoms with Gasteiger partial charge in [-0.2, -0.15) is 0 Å². The summed E-state index contributed by atoms with van der Waals surface area (Å²) >= 11 is 0. The third kappa shape index (κ3) is 2.85. The Bertz CT molecular complexity index is 251. The zero-order chi connectivity index (χ0) is 12.5. The molecule has 0 aromatic carbocycles. The average Bonchev–Trinajstić information content (AvgIpc) is 2.37. The van der Waals surface area contributed by atoms with Gasteiger partial charge >= 0.3 is 0 Å². The molecule has 1 aliphatic heterocycles. The van der Waals surface area contributed by atoms with Gasteiger partial charge in [-0.15, -0.1) is 0 Å². The van der Waals surface area contributed by atoms with Gasteiger partial charge in [0.15, 0.2) is 0 Å². The van der Waals surface area contributed by atoms with E-state index in [1.54, 1.807) is 0 Å². The zero-order valence-electron chi connectivity index (χ0n) is 12.0. The smallest absolute Gasteiger partial charge is 0.0729 e. The second-order valence-corrected chi connectivity index (χ2v) is 6.60. The predicted octanol–water partition coefficient (Wildman–Crippen LogP) is 3.36. The van der Waals surface area contributed by atoms with Crippen molar-refractivity contribution in [1.82, 2.24) is 5.32 Å². The summed E-state index contributed by atoms with van der Waals surface area (Å²) < 4.78 is 6.02. The molecule has 0 bridgehead atoms. The van der Waals surface area contributed by atoms with Crippen LogP contribution in [0.2, 0.25) is 0 Å². The van der Waals surface area contributed by atoms with Crippen molar-refractivity contribution in [1.29, 1.82) is 0 Å². The topological polar surface area (TPSA) is 21.3 Å². The lowest BCUT2D eigenvalue weighted by atomic mass is 9.67. The zero-order valence-corrected chi connectivity index (χ0v) is 12.0. The molecule has 1 saturated heterocycles. The third-order valence-electron chi connectivity index (χ3n) is 5.26. The van der Waals surface area contributed by atoms with Crippen LogP contribution >= 0.6 is 0 Å². The molecule has 2 rings (SSSR count). The van der Waals surface area contributed by atoms with Gasteiger partial charge in [0, 0.05) is 12.1 Å². The van der Waals surface area contributed by atoms with Crippen LogP contribution < -0.4 is 5.32 Å². The van der Waals surface area contributed by atoms with Gasteiger partial charge < -0.3 is 10.1 Å². The molecule has 1 aliphatic carbocycles. The standard InChI is InChI=1S/C15H29NO/c1-5-12-10-17-14-8-7-11(9-13(14)16-12)15(3,4)6-2/h11-14,16H,5-10H2,1-4H3. The molecule has 1 saturated carbocycles. The summed E-state index contributed by atoms with van der Waals surface area (Å²) in [6.45, 7) is 10.3. The molecule has 1 heterocycles. The van der Waals surface area contributed by atoms with Crippen molar-refractivity contribution >= 4 is 0 Å². The lowest BCUT2D eigenvalue weighted by Crippen LogP contribution is -2.57. The minimum absolute atomic E-state index is 0.488. The molecule has 4 unspecified atom stereocenters. The molecule has 1 N–H and O–H groups in total. The van der Waals surface area contributed by atoms with Crippen molar-refractivity contribution in [3.63, 3.8) is 0 Å². The van der Waals surface area contributed by atoms with Crippen molar-refractivity contribution < 1.29 is 4.74 Å². The van der Waals surface area contributed by atoms with Gasteiger partial charge in [0.05, 0.1) is 12.7 Å².